The topological polar surface area (TPSA) is 35.5 Å². The lowest BCUT2D eigenvalue weighted by molar-refractivity contribution is -0.133. The predicted molar refractivity (Wildman–Crippen MR) is 92.1 cm³/mol. The van der Waals surface area contributed by atoms with Crippen LogP contribution in [0.4, 0.5) is 0 Å². The van der Waals surface area contributed by atoms with Gasteiger partial charge >= 0.3 is 5.97 Å². The van der Waals surface area contributed by atoms with Crippen molar-refractivity contribution in [2.75, 3.05) is 6.61 Å². The summed E-state index contributed by atoms with van der Waals surface area (Å²) in [7, 11) is 0. The Morgan fingerprint density at radius 3 is 2.30 bits per heavy atom. The Balaban J connectivity index is 2.13. The molecule has 0 bridgehead atoms. The zero-order valence-electron chi connectivity index (χ0n) is 14.1. The average molecular weight is 312 g/mol. The monoisotopic (exact) mass is 312 g/mol. The van der Waals surface area contributed by atoms with Crippen LogP contribution in [0.5, 0.6) is 11.5 Å². The van der Waals surface area contributed by atoms with Crippen LogP contribution < -0.4 is 9.47 Å². The number of esters is 1. The molecule has 2 aromatic rings. The molecule has 0 aliphatic heterocycles. The molecule has 0 aliphatic carbocycles. The van der Waals surface area contributed by atoms with E-state index in [0.29, 0.717) is 18.1 Å². The average Bonchev–Trinajstić information content (AvgIpc) is 2.57. The highest BCUT2D eigenvalue weighted by Crippen LogP contribution is 2.29. The van der Waals surface area contributed by atoms with Gasteiger partial charge in [0.25, 0.3) is 0 Å². The van der Waals surface area contributed by atoms with E-state index in [1.165, 1.54) is 5.56 Å². The quantitative estimate of drug-likeness (QED) is 0.563. The van der Waals surface area contributed by atoms with Crippen LogP contribution in [-0.2, 0) is 24.1 Å². The summed E-state index contributed by atoms with van der Waals surface area (Å²) in [5.74, 6) is 0.850. The second kappa shape index (κ2) is 8.37. The molecule has 0 saturated heterocycles. The van der Waals surface area contributed by atoms with Crippen molar-refractivity contribution >= 4 is 5.97 Å². The standard InChI is InChI=1S/C20H24O3/c1-4-15-11-12-18(19(13-15)22-6-3)23-20(21)14-17-10-8-7-9-16(17)5-2/h7-13H,4-6,14H2,1-3H3. The summed E-state index contributed by atoms with van der Waals surface area (Å²) >= 11 is 0. The summed E-state index contributed by atoms with van der Waals surface area (Å²) in [5, 5.41) is 0. The molecule has 0 N–H and O–H groups in total. The maximum atomic E-state index is 12.3. The molecule has 0 fully saturated rings. The van der Waals surface area contributed by atoms with Crippen LogP contribution in [0, 0.1) is 0 Å². The molecule has 0 amide bonds. The Bertz CT molecular complexity index is 662. The largest absolute Gasteiger partial charge is 0.490 e. The third-order valence-electron chi connectivity index (χ3n) is 3.77. The van der Waals surface area contributed by atoms with Gasteiger partial charge in [0, 0.05) is 0 Å². The van der Waals surface area contributed by atoms with E-state index in [9.17, 15) is 4.79 Å². The van der Waals surface area contributed by atoms with Gasteiger partial charge in [-0.15, -0.1) is 0 Å². The van der Waals surface area contributed by atoms with Gasteiger partial charge in [-0.25, -0.2) is 0 Å². The van der Waals surface area contributed by atoms with E-state index in [0.717, 1.165) is 24.0 Å². The number of ether oxygens (including phenoxy) is 2. The third kappa shape index (κ3) is 4.59. The molecule has 0 saturated carbocycles. The van der Waals surface area contributed by atoms with Crippen LogP contribution in [0.3, 0.4) is 0 Å². The Morgan fingerprint density at radius 2 is 1.65 bits per heavy atom. The second-order valence-electron chi connectivity index (χ2n) is 5.34. The molecule has 3 nitrogen and oxygen atoms in total. The molecule has 2 aromatic carbocycles. The normalized spacial score (nSPS) is 10.4. The van der Waals surface area contributed by atoms with Gasteiger partial charge in [0.15, 0.2) is 11.5 Å². The number of carbonyl (C=O) groups excluding carboxylic acids is 1. The first kappa shape index (κ1) is 17.1. The highest BCUT2D eigenvalue weighted by molar-refractivity contribution is 5.76. The molecule has 0 radical (unpaired) electrons. The first-order chi connectivity index (χ1) is 11.2. The fraction of sp³-hybridized carbons (Fsp3) is 0.350. The maximum Gasteiger partial charge on any atom is 0.315 e. The lowest BCUT2D eigenvalue weighted by Crippen LogP contribution is -2.13. The van der Waals surface area contributed by atoms with Crippen LogP contribution in [0.25, 0.3) is 0 Å². The van der Waals surface area contributed by atoms with Gasteiger partial charge in [-0.2, -0.15) is 0 Å². The third-order valence-corrected chi connectivity index (χ3v) is 3.77. The van der Waals surface area contributed by atoms with E-state index in [1.807, 2.05) is 49.4 Å². The highest BCUT2D eigenvalue weighted by atomic mass is 16.6. The van der Waals surface area contributed by atoms with Gasteiger partial charge in [0.05, 0.1) is 13.0 Å². The van der Waals surface area contributed by atoms with Crippen LogP contribution in [0.1, 0.15) is 37.5 Å². The van der Waals surface area contributed by atoms with Crippen molar-refractivity contribution in [2.24, 2.45) is 0 Å². The molecule has 0 atom stereocenters. The maximum absolute atomic E-state index is 12.3. The molecule has 3 heteroatoms. The number of carbonyl (C=O) groups is 1. The minimum atomic E-state index is -0.267. The molecule has 0 unspecified atom stereocenters. The van der Waals surface area contributed by atoms with E-state index in [-0.39, 0.29) is 12.4 Å². The van der Waals surface area contributed by atoms with Crippen molar-refractivity contribution in [3.05, 3.63) is 59.2 Å². The Hall–Kier alpha value is -2.29. The lowest BCUT2D eigenvalue weighted by Gasteiger charge is -2.12. The molecule has 0 aromatic heterocycles. The summed E-state index contributed by atoms with van der Waals surface area (Å²) in [4.78, 5) is 12.3. The van der Waals surface area contributed by atoms with Gasteiger partial charge in [0.2, 0.25) is 0 Å². The minimum Gasteiger partial charge on any atom is -0.490 e. The zero-order valence-corrected chi connectivity index (χ0v) is 14.1. The van der Waals surface area contributed by atoms with Crippen molar-refractivity contribution in [3.8, 4) is 11.5 Å². The SMILES string of the molecule is CCOc1cc(CC)ccc1OC(=O)Cc1ccccc1CC. The smallest absolute Gasteiger partial charge is 0.315 e. The highest BCUT2D eigenvalue weighted by Gasteiger charge is 2.13. The number of aryl methyl sites for hydroxylation is 2. The molecular formula is C20H24O3. The Morgan fingerprint density at radius 1 is 0.913 bits per heavy atom. The first-order valence-electron chi connectivity index (χ1n) is 8.21. The van der Waals surface area contributed by atoms with Gasteiger partial charge < -0.3 is 9.47 Å². The van der Waals surface area contributed by atoms with E-state index in [4.69, 9.17) is 9.47 Å². The van der Waals surface area contributed by atoms with Crippen molar-refractivity contribution in [2.45, 2.75) is 40.0 Å². The predicted octanol–water partition coefficient (Wildman–Crippen LogP) is 4.36. The summed E-state index contributed by atoms with van der Waals surface area (Å²) in [6.07, 6.45) is 2.09. The fourth-order valence-electron chi connectivity index (χ4n) is 2.51. The van der Waals surface area contributed by atoms with Gasteiger partial charge in [0.1, 0.15) is 0 Å². The number of rotatable bonds is 7. The van der Waals surface area contributed by atoms with Crippen LogP contribution in [0.15, 0.2) is 42.5 Å². The van der Waals surface area contributed by atoms with Gasteiger partial charge in [-0.1, -0.05) is 44.2 Å². The van der Waals surface area contributed by atoms with Crippen LogP contribution >= 0.6 is 0 Å². The summed E-state index contributed by atoms with van der Waals surface area (Å²) in [6.45, 7) is 6.62. The summed E-state index contributed by atoms with van der Waals surface area (Å²) in [5.41, 5.74) is 3.35. The molecule has 2 rings (SSSR count). The molecule has 122 valence electrons. The summed E-state index contributed by atoms with van der Waals surface area (Å²) < 4.78 is 11.1. The Labute approximate surface area is 138 Å². The number of benzene rings is 2. The van der Waals surface area contributed by atoms with Gasteiger partial charge in [-0.05, 0) is 48.6 Å². The minimum absolute atomic E-state index is 0.267. The van der Waals surface area contributed by atoms with E-state index in [1.54, 1.807) is 0 Å². The molecular weight excluding hydrogens is 288 g/mol. The molecule has 0 aliphatic rings. The molecule has 0 spiro atoms. The Kier molecular flexibility index (Phi) is 6.21. The first-order valence-corrected chi connectivity index (χ1v) is 8.21. The zero-order chi connectivity index (χ0) is 16.7. The van der Waals surface area contributed by atoms with Crippen molar-refractivity contribution in [1.82, 2.24) is 0 Å². The fourth-order valence-corrected chi connectivity index (χ4v) is 2.51. The van der Waals surface area contributed by atoms with E-state index >= 15 is 0 Å². The number of hydrogen-bond acceptors (Lipinski definition) is 3. The molecule has 0 heterocycles. The summed E-state index contributed by atoms with van der Waals surface area (Å²) in [6, 6.07) is 13.7. The van der Waals surface area contributed by atoms with Crippen molar-refractivity contribution in [1.29, 1.82) is 0 Å². The molecule has 23 heavy (non-hydrogen) atoms. The van der Waals surface area contributed by atoms with Crippen molar-refractivity contribution in [3.63, 3.8) is 0 Å². The number of hydrogen-bond donors (Lipinski definition) is 0. The van der Waals surface area contributed by atoms with E-state index < -0.39 is 0 Å². The lowest BCUT2D eigenvalue weighted by atomic mass is 10.0. The van der Waals surface area contributed by atoms with Crippen LogP contribution in [-0.4, -0.2) is 12.6 Å². The van der Waals surface area contributed by atoms with Crippen LogP contribution in [0.2, 0.25) is 0 Å². The van der Waals surface area contributed by atoms with E-state index in [2.05, 4.69) is 13.8 Å². The van der Waals surface area contributed by atoms with Gasteiger partial charge in [-0.3, -0.25) is 4.79 Å². The van der Waals surface area contributed by atoms with Crippen molar-refractivity contribution < 1.29 is 14.3 Å². The second-order valence-corrected chi connectivity index (χ2v) is 5.34.